The van der Waals surface area contributed by atoms with Crippen LogP contribution in [0.15, 0.2) is 34.9 Å². The van der Waals surface area contributed by atoms with E-state index >= 15 is 0 Å². The highest BCUT2D eigenvalue weighted by Crippen LogP contribution is 2.29. The monoisotopic (exact) mass is 319 g/mol. The molecule has 1 saturated heterocycles. The Kier molecular flexibility index (Phi) is 3.46. The number of benzene rings is 1. The molecule has 2 heterocycles. The minimum absolute atomic E-state index is 0.493. The Labute approximate surface area is 122 Å². The van der Waals surface area contributed by atoms with Gasteiger partial charge >= 0.3 is 0 Å². The van der Waals surface area contributed by atoms with Crippen LogP contribution in [0.5, 0.6) is 0 Å². The van der Waals surface area contributed by atoms with Crippen molar-refractivity contribution in [2.45, 2.75) is 25.9 Å². The molecule has 1 fully saturated rings. The summed E-state index contributed by atoms with van der Waals surface area (Å²) in [5.41, 5.74) is 2.33. The van der Waals surface area contributed by atoms with Gasteiger partial charge in [-0.1, -0.05) is 12.1 Å². The number of pyridine rings is 1. The maximum Gasteiger partial charge on any atom is 0.0936 e. The van der Waals surface area contributed by atoms with Gasteiger partial charge in [-0.05, 0) is 41.9 Å². The normalized spacial score (nSPS) is 23.8. The van der Waals surface area contributed by atoms with Crippen molar-refractivity contribution in [2.24, 2.45) is 0 Å². The predicted molar refractivity (Wildman–Crippen MR) is 83.7 cm³/mol. The van der Waals surface area contributed by atoms with Crippen molar-refractivity contribution in [3.63, 3.8) is 0 Å². The lowest BCUT2D eigenvalue weighted by molar-refractivity contribution is 0.426. The van der Waals surface area contributed by atoms with Gasteiger partial charge in [-0.2, -0.15) is 0 Å². The number of rotatable bonds is 1. The molecule has 4 heteroatoms. The van der Waals surface area contributed by atoms with Gasteiger partial charge < -0.3 is 10.2 Å². The summed E-state index contributed by atoms with van der Waals surface area (Å²) >= 11 is 3.49. The Balaban J connectivity index is 2.09. The minimum atomic E-state index is 0.493. The van der Waals surface area contributed by atoms with Crippen LogP contribution in [0.1, 0.15) is 13.8 Å². The summed E-state index contributed by atoms with van der Waals surface area (Å²) in [7, 11) is 0. The van der Waals surface area contributed by atoms with E-state index in [1.807, 2.05) is 6.20 Å². The quantitative estimate of drug-likeness (QED) is 0.875. The molecule has 1 aromatic heterocycles. The molecular weight excluding hydrogens is 302 g/mol. The van der Waals surface area contributed by atoms with Crippen molar-refractivity contribution in [1.82, 2.24) is 10.3 Å². The van der Waals surface area contributed by atoms with Crippen LogP contribution in [0.2, 0.25) is 0 Å². The van der Waals surface area contributed by atoms with Crippen LogP contribution in [-0.2, 0) is 0 Å². The summed E-state index contributed by atoms with van der Waals surface area (Å²) in [6, 6.07) is 9.55. The molecule has 2 unspecified atom stereocenters. The molecule has 0 bridgehead atoms. The molecule has 3 rings (SSSR count). The average molecular weight is 320 g/mol. The molecule has 1 aromatic carbocycles. The highest BCUT2D eigenvalue weighted by atomic mass is 79.9. The molecule has 1 N–H and O–H groups in total. The van der Waals surface area contributed by atoms with Crippen molar-refractivity contribution >= 4 is 32.5 Å². The van der Waals surface area contributed by atoms with Crippen LogP contribution in [0.25, 0.3) is 10.9 Å². The second-order valence-corrected chi connectivity index (χ2v) is 6.23. The summed E-state index contributed by atoms with van der Waals surface area (Å²) in [6.07, 6.45) is 1.88. The Morgan fingerprint density at radius 1 is 1.37 bits per heavy atom. The Bertz CT molecular complexity index is 599. The molecule has 1 aliphatic heterocycles. The molecule has 0 amide bonds. The maximum atomic E-state index is 4.61. The van der Waals surface area contributed by atoms with Crippen LogP contribution in [-0.4, -0.2) is 30.2 Å². The number of fused-ring (bicyclic) bond motifs is 1. The first-order valence-electron chi connectivity index (χ1n) is 6.69. The molecule has 19 heavy (non-hydrogen) atoms. The van der Waals surface area contributed by atoms with Crippen LogP contribution < -0.4 is 10.2 Å². The zero-order valence-corrected chi connectivity index (χ0v) is 12.8. The third kappa shape index (κ3) is 2.47. The van der Waals surface area contributed by atoms with Gasteiger partial charge in [0.15, 0.2) is 0 Å². The van der Waals surface area contributed by atoms with Crippen LogP contribution in [0, 0.1) is 0 Å². The van der Waals surface area contributed by atoms with Gasteiger partial charge in [-0.25, -0.2) is 0 Å². The largest absolute Gasteiger partial charge is 0.364 e. The van der Waals surface area contributed by atoms with Gasteiger partial charge in [-0.15, -0.1) is 0 Å². The lowest BCUT2D eigenvalue weighted by atomic mass is 10.1. The first-order chi connectivity index (χ1) is 9.15. The molecule has 100 valence electrons. The number of anilines is 1. The summed E-state index contributed by atoms with van der Waals surface area (Å²) in [4.78, 5) is 7.07. The number of para-hydroxylation sites is 1. The minimum Gasteiger partial charge on any atom is -0.364 e. The van der Waals surface area contributed by atoms with Gasteiger partial charge in [0.25, 0.3) is 0 Å². The van der Waals surface area contributed by atoms with E-state index in [9.17, 15) is 0 Å². The smallest absolute Gasteiger partial charge is 0.0936 e. The van der Waals surface area contributed by atoms with Gasteiger partial charge in [-0.3, -0.25) is 4.98 Å². The Morgan fingerprint density at radius 3 is 3.05 bits per heavy atom. The van der Waals surface area contributed by atoms with Crippen molar-refractivity contribution < 1.29 is 0 Å². The standard InChI is InChI=1S/C15H18BrN3/c1-10-9-19(11(2)7-17-10)14-5-3-4-12-6-13(16)8-18-15(12)14/h3-6,8,10-11,17H,7,9H2,1-2H3. The van der Waals surface area contributed by atoms with E-state index < -0.39 is 0 Å². The van der Waals surface area contributed by atoms with E-state index in [1.54, 1.807) is 0 Å². The number of aromatic nitrogens is 1. The van der Waals surface area contributed by atoms with E-state index in [-0.39, 0.29) is 0 Å². The number of piperazine rings is 1. The van der Waals surface area contributed by atoms with Crippen molar-refractivity contribution in [2.75, 3.05) is 18.0 Å². The molecule has 3 nitrogen and oxygen atoms in total. The van der Waals surface area contributed by atoms with E-state index in [0.717, 1.165) is 23.1 Å². The molecule has 2 atom stereocenters. The summed E-state index contributed by atoms with van der Waals surface area (Å²) in [5.74, 6) is 0. The number of nitrogens with zero attached hydrogens (tertiary/aromatic N) is 2. The molecule has 1 aliphatic rings. The number of halogens is 1. The number of hydrogen-bond acceptors (Lipinski definition) is 3. The van der Waals surface area contributed by atoms with E-state index in [4.69, 9.17) is 0 Å². The summed E-state index contributed by atoms with van der Waals surface area (Å²) < 4.78 is 1.03. The SMILES string of the molecule is CC1CN(c2cccc3cc(Br)cnc23)C(C)CN1. The lowest BCUT2D eigenvalue weighted by Gasteiger charge is -2.39. The number of nitrogens with one attached hydrogen (secondary N) is 1. The Hall–Kier alpha value is -1.13. The fourth-order valence-electron chi connectivity index (χ4n) is 2.71. The first kappa shape index (κ1) is 12.9. The zero-order valence-electron chi connectivity index (χ0n) is 11.2. The van der Waals surface area contributed by atoms with E-state index in [1.165, 1.54) is 11.1 Å². The molecule has 0 spiro atoms. The van der Waals surface area contributed by atoms with Crippen LogP contribution >= 0.6 is 15.9 Å². The third-order valence-corrected chi connectivity index (χ3v) is 4.16. The second-order valence-electron chi connectivity index (χ2n) is 5.31. The van der Waals surface area contributed by atoms with Crippen molar-refractivity contribution in [1.29, 1.82) is 0 Å². The average Bonchev–Trinajstić information content (AvgIpc) is 2.40. The molecule has 0 aliphatic carbocycles. The molecular formula is C15H18BrN3. The van der Waals surface area contributed by atoms with Gasteiger partial charge in [0, 0.05) is 41.2 Å². The van der Waals surface area contributed by atoms with Crippen molar-refractivity contribution in [3.8, 4) is 0 Å². The van der Waals surface area contributed by atoms with Gasteiger partial charge in [0.2, 0.25) is 0 Å². The van der Waals surface area contributed by atoms with E-state index in [0.29, 0.717) is 12.1 Å². The molecule has 2 aromatic rings. The first-order valence-corrected chi connectivity index (χ1v) is 7.49. The molecule has 0 radical (unpaired) electrons. The third-order valence-electron chi connectivity index (χ3n) is 3.73. The lowest BCUT2D eigenvalue weighted by Crippen LogP contribution is -2.54. The fraction of sp³-hybridized carbons (Fsp3) is 0.400. The van der Waals surface area contributed by atoms with E-state index in [2.05, 4.69) is 69.2 Å². The highest BCUT2D eigenvalue weighted by Gasteiger charge is 2.24. The van der Waals surface area contributed by atoms with Crippen molar-refractivity contribution in [3.05, 3.63) is 34.9 Å². The van der Waals surface area contributed by atoms with Crippen LogP contribution in [0.4, 0.5) is 5.69 Å². The molecule has 0 saturated carbocycles. The summed E-state index contributed by atoms with van der Waals surface area (Å²) in [6.45, 7) is 6.54. The second kappa shape index (κ2) is 5.10. The maximum absolute atomic E-state index is 4.61. The van der Waals surface area contributed by atoms with Gasteiger partial charge in [0.05, 0.1) is 11.2 Å². The topological polar surface area (TPSA) is 28.2 Å². The van der Waals surface area contributed by atoms with Crippen LogP contribution in [0.3, 0.4) is 0 Å². The summed E-state index contributed by atoms with van der Waals surface area (Å²) in [5, 5.41) is 4.70. The zero-order chi connectivity index (χ0) is 13.4. The van der Waals surface area contributed by atoms with Gasteiger partial charge in [0.1, 0.15) is 0 Å². The number of hydrogen-bond donors (Lipinski definition) is 1. The fourth-order valence-corrected chi connectivity index (χ4v) is 3.06. The Morgan fingerprint density at radius 2 is 2.21 bits per heavy atom. The predicted octanol–water partition coefficient (Wildman–Crippen LogP) is 3.18. The highest BCUT2D eigenvalue weighted by molar-refractivity contribution is 9.10.